The predicted molar refractivity (Wildman–Crippen MR) is 87.4 cm³/mol. The average molecular weight is 277 g/mol. The van der Waals surface area contributed by atoms with Gasteiger partial charge in [-0.25, -0.2) is 0 Å². The smallest absolute Gasteiger partial charge is 0.119 e. The Balaban J connectivity index is 2.63. The van der Waals surface area contributed by atoms with Gasteiger partial charge in [-0.15, -0.1) is 0 Å². The van der Waals surface area contributed by atoms with Gasteiger partial charge in [0.2, 0.25) is 0 Å². The van der Waals surface area contributed by atoms with Gasteiger partial charge < -0.3 is 10.1 Å². The summed E-state index contributed by atoms with van der Waals surface area (Å²) in [6, 6.07) is 9.08. The number of rotatable bonds is 10. The first-order valence-corrected chi connectivity index (χ1v) is 8.17. The third-order valence-corrected chi connectivity index (χ3v) is 3.39. The molecule has 1 aromatic rings. The fraction of sp³-hybridized carbons (Fsp3) is 0.667. The first kappa shape index (κ1) is 17.0. The maximum Gasteiger partial charge on any atom is 0.119 e. The molecule has 114 valence electrons. The van der Waals surface area contributed by atoms with Crippen molar-refractivity contribution in [1.82, 2.24) is 5.32 Å². The van der Waals surface area contributed by atoms with Crippen molar-refractivity contribution in [2.75, 3.05) is 6.54 Å². The van der Waals surface area contributed by atoms with Gasteiger partial charge in [0.15, 0.2) is 0 Å². The van der Waals surface area contributed by atoms with Crippen molar-refractivity contribution in [1.29, 1.82) is 0 Å². The second-order valence-electron chi connectivity index (χ2n) is 5.74. The fourth-order valence-corrected chi connectivity index (χ4v) is 2.35. The summed E-state index contributed by atoms with van der Waals surface area (Å²) in [5.41, 5.74) is 1.38. The largest absolute Gasteiger partial charge is 0.491 e. The first-order chi connectivity index (χ1) is 9.67. The third-order valence-electron chi connectivity index (χ3n) is 3.39. The third kappa shape index (κ3) is 6.42. The van der Waals surface area contributed by atoms with Gasteiger partial charge in [-0.3, -0.25) is 0 Å². The molecule has 0 aliphatic heterocycles. The molecule has 1 aromatic carbocycles. The van der Waals surface area contributed by atoms with E-state index in [0.29, 0.717) is 6.04 Å². The summed E-state index contributed by atoms with van der Waals surface area (Å²) in [6.07, 6.45) is 6.53. The number of hydrogen-bond donors (Lipinski definition) is 1. The summed E-state index contributed by atoms with van der Waals surface area (Å²) in [5.74, 6) is 0.964. The summed E-state index contributed by atoms with van der Waals surface area (Å²) in [6.45, 7) is 9.68. The second kappa shape index (κ2) is 9.82. The molecular weight excluding hydrogens is 246 g/mol. The zero-order valence-corrected chi connectivity index (χ0v) is 13.6. The molecule has 0 saturated heterocycles. The van der Waals surface area contributed by atoms with Gasteiger partial charge in [-0.05, 0) is 50.9 Å². The Bertz CT molecular complexity index is 345. The summed E-state index contributed by atoms with van der Waals surface area (Å²) in [7, 11) is 0. The average Bonchev–Trinajstić information content (AvgIpc) is 2.43. The van der Waals surface area contributed by atoms with Gasteiger partial charge in [0, 0.05) is 6.04 Å². The first-order valence-electron chi connectivity index (χ1n) is 8.17. The van der Waals surface area contributed by atoms with Crippen LogP contribution in [0.3, 0.4) is 0 Å². The lowest BCUT2D eigenvalue weighted by Crippen LogP contribution is -2.22. The molecule has 0 heterocycles. The van der Waals surface area contributed by atoms with Crippen LogP contribution in [0.5, 0.6) is 5.75 Å². The van der Waals surface area contributed by atoms with E-state index in [-0.39, 0.29) is 6.10 Å². The highest BCUT2D eigenvalue weighted by molar-refractivity contribution is 5.29. The van der Waals surface area contributed by atoms with Gasteiger partial charge in [-0.1, -0.05) is 45.2 Å². The lowest BCUT2D eigenvalue weighted by molar-refractivity contribution is 0.242. The molecule has 2 nitrogen and oxygen atoms in total. The molecule has 0 radical (unpaired) electrons. The molecular formula is C18H31NO. The maximum absolute atomic E-state index is 5.71. The normalized spacial score (nSPS) is 12.7. The van der Waals surface area contributed by atoms with Gasteiger partial charge in [-0.2, -0.15) is 0 Å². The molecule has 1 atom stereocenters. The quantitative estimate of drug-likeness (QED) is 0.601. The number of ether oxygens (including phenoxy) is 1. The van der Waals surface area contributed by atoms with Crippen LogP contribution in [0.1, 0.15) is 71.4 Å². The van der Waals surface area contributed by atoms with Crippen LogP contribution in [0.4, 0.5) is 0 Å². The topological polar surface area (TPSA) is 21.3 Å². The van der Waals surface area contributed by atoms with E-state index >= 15 is 0 Å². The molecule has 0 aliphatic rings. The van der Waals surface area contributed by atoms with Crippen LogP contribution >= 0.6 is 0 Å². The van der Waals surface area contributed by atoms with E-state index in [4.69, 9.17) is 4.74 Å². The standard InChI is InChI=1S/C18H31NO/c1-5-7-8-9-18(19-14-6-2)16-10-12-17(13-11-16)20-15(3)4/h10-13,15,18-19H,5-9,14H2,1-4H3. The summed E-state index contributed by atoms with van der Waals surface area (Å²) in [4.78, 5) is 0. The molecule has 0 aromatic heterocycles. The van der Waals surface area contributed by atoms with E-state index in [1.54, 1.807) is 0 Å². The monoisotopic (exact) mass is 277 g/mol. The highest BCUT2D eigenvalue weighted by atomic mass is 16.5. The Kier molecular flexibility index (Phi) is 8.36. The van der Waals surface area contributed by atoms with E-state index in [2.05, 4.69) is 57.3 Å². The Morgan fingerprint density at radius 1 is 1.00 bits per heavy atom. The Morgan fingerprint density at radius 3 is 2.25 bits per heavy atom. The van der Waals surface area contributed by atoms with Crippen LogP contribution in [-0.2, 0) is 0 Å². The zero-order chi connectivity index (χ0) is 14.8. The molecule has 0 saturated carbocycles. The Hall–Kier alpha value is -1.02. The molecule has 0 aliphatic carbocycles. The van der Waals surface area contributed by atoms with Crippen molar-refractivity contribution in [2.45, 2.75) is 71.9 Å². The van der Waals surface area contributed by atoms with E-state index in [9.17, 15) is 0 Å². The van der Waals surface area contributed by atoms with Crippen LogP contribution in [-0.4, -0.2) is 12.6 Å². The number of unbranched alkanes of at least 4 members (excludes halogenated alkanes) is 2. The molecule has 1 rings (SSSR count). The molecule has 0 fully saturated rings. The Labute approximate surface area is 124 Å². The van der Waals surface area contributed by atoms with Crippen LogP contribution in [0.2, 0.25) is 0 Å². The van der Waals surface area contributed by atoms with Gasteiger partial charge >= 0.3 is 0 Å². The molecule has 0 spiro atoms. The van der Waals surface area contributed by atoms with Crippen molar-refractivity contribution in [3.63, 3.8) is 0 Å². The molecule has 1 unspecified atom stereocenters. The van der Waals surface area contributed by atoms with Gasteiger partial charge in [0.25, 0.3) is 0 Å². The lowest BCUT2D eigenvalue weighted by Gasteiger charge is -2.19. The summed E-state index contributed by atoms with van der Waals surface area (Å²) < 4.78 is 5.71. The summed E-state index contributed by atoms with van der Waals surface area (Å²) >= 11 is 0. The minimum absolute atomic E-state index is 0.236. The number of nitrogens with one attached hydrogen (secondary N) is 1. The van der Waals surface area contributed by atoms with Crippen LogP contribution in [0.25, 0.3) is 0 Å². The van der Waals surface area contributed by atoms with Gasteiger partial charge in [0.1, 0.15) is 5.75 Å². The lowest BCUT2D eigenvalue weighted by atomic mass is 10.00. The minimum atomic E-state index is 0.236. The van der Waals surface area contributed by atoms with Crippen LogP contribution in [0.15, 0.2) is 24.3 Å². The van der Waals surface area contributed by atoms with E-state index in [1.807, 2.05) is 0 Å². The van der Waals surface area contributed by atoms with Crippen LogP contribution < -0.4 is 10.1 Å². The molecule has 1 N–H and O–H groups in total. The van der Waals surface area contributed by atoms with E-state index < -0.39 is 0 Å². The maximum atomic E-state index is 5.71. The molecule has 20 heavy (non-hydrogen) atoms. The van der Waals surface area contributed by atoms with E-state index in [1.165, 1.54) is 37.7 Å². The second-order valence-corrected chi connectivity index (χ2v) is 5.74. The zero-order valence-electron chi connectivity index (χ0n) is 13.6. The fourth-order valence-electron chi connectivity index (χ4n) is 2.35. The predicted octanol–water partition coefficient (Wildman–Crippen LogP) is 5.09. The molecule has 2 heteroatoms. The number of benzene rings is 1. The Morgan fingerprint density at radius 2 is 1.70 bits per heavy atom. The van der Waals surface area contributed by atoms with Crippen LogP contribution in [0, 0.1) is 0 Å². The van der Waals surface area contributed by atoms with Gasteiger partial charge in [0.05, 0.1) is 6.10 Å². The van der Waals surface area contributed by atoms with E-state index in [0.717, 1.165) is 12.3 Å². The van der Waals surface area contributed by atoms with Crippen molar-refractivity contribution in [2.24, 2.45) is 0 Å². The van der Waals surface area contributed by atoms with Crippen molar-refractivity contribution in [3.05, 3.63) is 29.8 Å². The highest BCUT2D eigenvalue weighted by Crippen LogP contribution is 2.23. The number of hydrogen-bond acceptors (Lipinski definition) is 2. The van der Waals surface area contributed by atoms with Crippen molar-refractivity contribution in [3.8, 4) is 5.75 Å². The molecule has 0 amide bonds. The van der Waals surface area contributed by atoms with Crippen molar-refractivity contribution >= 4 is 0 Å². The van der Waals surface area contributed by atoms with Crippen molar-refractivity contribution < 1.29 is 4.74 Å². The molecule has 0 bridgehead atoms. The minimum Gasteiger partial charge on any atom is -0.491 e. The SMILES string of the molecule is CCCCCC(NCCC)c1ccc(OC(C)C)cc1. The summed E-state index contributed by atoms with van der Waals surface area (Å²) in [5, 5.41) is 3.66. The highest BCUT2D eigenvalue weighted by Gasteiger charge is 2.10.